The smallest absolute Gasteiger partial charge is 0.114 e. The number of fused-ring (bicyclic) bond motifs is 1. The average Bonchev–Trinajstić information content (AvgIpc) is 2.95. The third kappa shape index (κ3) is 1.79. The van der Waals surface area contributed by atoms with Crippen molar-refractivity contribution < 1.29 is 4.74 Å². The van der Waals surface area contributed by atoms with Crippen molar-refractivity contribution in [2.24, 2.45) is 11.7 Å². The number of nitrogens with two attached hydrogens (primary N) is 1. The van der Waals surface area contributed by atoms with Crippen molar-refractivity contribution in [2.75, 3.05) is 13.2 Å². The van der Waals surface area contributed by atoms with Gasteiger partial charge in [0.05, 0.1) is 12.3 Å². The third-order valence-electron chi connectivity index (χ3n) is 3.22. The van der Waals surface area contributed by atoms with Gasteiger partial charge in [-0.15, -0.1) is 0 Å². The Hall–Kier alpha value is -0.870. The van der Waals surface area contributed by atoms with Gasteiger partial charge in [0.15, 0.2) is 0 Å². The first-order valence-corrected chi connectivity index (χ1v) is 5.74. The summed E-state index contributed by atoms with van der Waals surface area (Å²) in [5.74, 6) is 0.864. The van der Waals surface area contributed by atoms with E-state index in [-0.39, 0.29) is 6.10 Å². The van der Waals surface area contributed by atoms with Crippen LogP contribution in [0.3, 0.4) is 0 Å². The van der Waals surface area contributed by atoms with E-state index >= 15 is 0 Å². The van der Waals surface area contributed by atoms with Gasteiger partial charge in [0.1, 0.15) is 6.10 Å². The van der Waals surface area contributed by atoms with Crippen molar-refractivity contribution >= 4 is 0 Å². The van der Waals surface area contributed by atoms with Gasteiger partial charge in [-0.3, -0.25) is 4.68 Å². The van der Waals surface area contributed by atoms with Gasteiger partial charge in [0.2, 0.25) is 0 Å². The van der Waals surface area contributed by atoms with E-state index in [9.17, 15) is 0 Å². The zero-order chi connectivity index (χ0) is 10.3. The fraction of sp³-hybridized carbons (Fsp3) is 0.727. The topological polar surface area (TPSA) is 53.1 Å². The van der Waals surface area contributed by atoms with Gasteiger partial charge in [-0.2, -0.15) is 5.10 Å². The SMILES string of the molecule is NC[C@H]1OCCc2cn(CC3CC3)nc21. The predicted molar refractivity (Wildman–Crippen MR) is 56.4 cm³/mol. The van der Waals surface area contributed by atoms with Gasteiger partial charge in [-0.1, -0.05) is 0 Å². The van der Waals surface area contributed by atoms with Crippen LogP contribution in [-0.2, 0) is 17.7 Å². The second kappa shape index (κ2) is 3.61. The van der Waals surface area contributed by atoms with Crippen molar-refractivity contribution in [3.63, 3.8) is 0 Å². The second-order valence-corrected chi connectivity index (χ2v) is 4.55. The average molecular weight is 207 g/mol. The molecule has 3 rings (SSSR count). The molecular formula is C11H17N3O. The molecule has 1 aromatic rings. The highest BCUT2D eigenvalue weighted by molar-refractivity contribution is 5.22. The van der Waals surface area contributed by atoms with Crippen LogP contribution in [0, 0.1) is 5.92 Å². The lowest BCUT2D eigenvalue weighted by atomic mass is 10.1. The summed E-state index contributed by atoms with van der Waals surface area (Å²) in [5.41, 5.74) is 8.07. The van der Waals surface area contributed by atoms with Crippen molar-refractivity contribution in [1.29, 1.82) is 0 Å². The molecule has 1 aliphatic carbocycles. The van der Waals surface area contributed by atoms with Crippen molar-refractivity contribution in [2.45, 2.75) is 31.9 Å². The van der Waals surface area contributed by atoms with Gasteiger partial charge in [0.25, 0.3) is 0 Å². The maximum atomic E-state index is 5.67. The lowest BCUT2D eigenvalue weighted by Crippen LogP contribution is -2.22. The Morgan fingerprint density at radius 3 is 3.13 bits per heavy atom. The van der Waals surface area contributed by atoms with E-state index in [2.05, 4.69) is 16.0 Å². The first kappa shape index (κ1) is 9.36. The number of hydrogen-bond donors (Lipinski definition) is 1. The monoisotopic (exact) mass is 207 g/mol. The molecule has 0 amide bonds. The predicted octanol–water partition coefficient (Wildman–Crippen LogP) is 0.866. The minimum Gasteiger partial charge on any atom is -0.370 e. The summed E-state index contributed by atoms with van der Waals surface area (Å²) in [7, 11) is 0. The highest BCUT2D eigenvalue weighted by Crippen LogP contribution is 2.31. The van der Waals surface area contributed by atoms with E-state index in [1.807, 2.05) is 0 Å². The van der Waals surface area contributed by atoms with E-state index in [0.717, 1.165) is 31.2 Å². The molecular weight excluding hydrogens is 190 g/mol. The van der Waals surface area contributed by atoms with E-state index in [1.54, 1.807) is 0 Å². The number of rotatable bonds is 3. The Labute approximate surface area is 89.4 Å². The van der Waals surface area contributed by atoms with E-state index in [0.29, 0.717) is 6.54 Å². The second-order valence-electron chi connectivity index (χ2n) is 4.55. The Morgan fingerprint density at radius 1 is 1.53 bits per heavy atom. The van der Waals surface area contributed by atoms with Crippen LogP contribution in [0.15, 0.2) is 6.20 Å². The van der Waals surface area contributed by atoms with Crippen LogP contribution in [-0.4, -0.2) is 22.9 Å². The zero-order valence-electron chi connectivity index (χ0n) is 8.85. The molecule has 1 aliphatic heterocycles. The number of ether oxygens (including phenoxy) is 1. The van der Waals surface area contributed by atoms with Crippen LogP contribution in [0.4, 0.5) is 0 Å². The lowest BCUT2D eigenvalue weighted by Gasteiger charge is -2.19. The molecule has 4 nitrogen and oxygen atoms in total. The number of nitrogens with zero attached hydrogens (tertiary/aromatic N) is 2. The maximum Gasteiger partial charge on any atom is 0.114 e. The quantitative estimate of drug-likeness (QED) is 0.800. The van der Waals surface area contributed by atoms with Gasteiger partial charge < -0.3 is 10.5 Å². The summed E-state index contributed by atoms with van der Waals surface area (Å²) >= 11 is 0. The number of aromatic nitrogens is 2. The minimum absolute atomic E-state index is 0.0224. The van der Waals surface area contributed by atoms with Crippen molar-refractivity contribution in [3.8, 4) is 0 Å². The van der Waals surface area contributed by atoms with Crippen molar-refractivity contribution in [1.82, 2.24) is 9.78 Å². The molecule has 1 aromatic heterocycles. The van der Waals surface area contributed by atoms with Crippen LogP contribution in [0.5, 0.6) is 0 Å². The Morgan fingerprint density at radius 2 is 2.40 bits per heavy atom. The molecule has 2 heterocycles. The highest BCUT2D eigenvalue weighted by Gasteiger charge is 2.26. The molecule has 0 saturated heterocycles. The molecule has 2 aliphatic rings. The summed E-state index contributed by atoms with van der Waals surface area (Å²) in [6.45, 7) is 2.39. The third-order valence-corrected chi connectivity index (χ3v) is 3.22. The summed E-state index contributed by atoms with van der Waals surface area (Å²) in [5, 5.41) is 4.59. The Bertz CT molecular complexity index is 357. The van der Waals surface area contributed by atoms with Crippen LogP contribution in [0.2, 0.25) is 0 Å². The van der Waals surface area contributed by atoms with Crippen LogP contribution in [0.1, 0.15) is 30.2 Å². The zero-order valence-corrected chi connectivity index (χ0v) is 8.85. The molecule has 15 heavy (non-hydrogen) atoms. The molecule has 0 unspecified atom stereocenters. The summed E-state index contributed by atoms with van der Waals surface area (Å²) in [6, 6.07) is 0. The van der Waals surface area contributed by atoms with E-state index in [1.165, 1.54) is 18.4 Å². The van der Waals surface area contributed by atoms with Crippen LogP contribution < -0.4 is 5.73 Å². The fourth-order valence-electron chi connectivity index (χ4n) is 2.17. The number of hydrogen-bond acceptors (Lipinski definition) is 3. The Kier molecular flexibility index (Phi) is 2.25. The van der Waals surface area contributed by atoms with Crippen LogP contribution >= 0.6 is 0 Å². The summed E-state index contributed by atoms with van der Waals surface area (Å²) < 4.78 is 7.67. The maximum absolute atomic E-state index is 5.67. The molecule has 0 bridgehead atoms. The molecule has 1 atom stereocenters. The van der Waals surface area contributed by atoms with Crippen molar-refractivity contribution in [3.05, 3.63) is 17.5 Å². The largest absolute Gasteiger partial charge is 0.370 e. The fourth-order valence-corrected chi connectivity index (χ4v) is 2.17. The molecule has 4 heteroatoms. The Balaban J connectivity index is 1.83. The molecule has 0 spiro atoms. The molecule has 82 valence electrons. The van der Waals surface area contributed by atoms with E-state index in [4.69, 9.17) is 10.5 Å². The van der Waals surface area contributed by atoms with Gasteiger partial charge in [0, 0.05) is 19.3 Å². The summed E-state index contributed by atoms with van der Waals surface area (Å²) in [4.78, 5) is 0. The normalized spacial score (nSPS) is 25.3. The first-order valence-electron chi connectivity index (χ1n) is 5.74. The molecule has 0 aromatic carbocycles. The van der Waals surface area contributed by atoms with Gasteiger partial charge in [-0.05, 0) is 30.7 Å². The lowest BCUT2D eigenvalue weighted by molar-refractivity contribution is 0.0454. The highest BCUT2D eigenvalue weighted by atomic mass is 16.5. The standard InChI is InChI=1S/C11H17N3O/c12-5-10-11-9(3-4-15-10)7-14(13-11)6-8-1-2-8/h7-8,10H,1-6,12H2/t10-/m1/s1. The van der Waals surface area contributed by atoms with E-state index < -0.39 is 0 Å². The summed E-state index contributed by atoms with van der Waals surface area (Å²) in [6.07, 6.45) is 5.91. The first-order chi connectivity index (χ1) is 7.36. The molecule has 1 fully saturated rings. The minimum atomic E-state index is 0.0224. The van der Waals surface area contributed by atoms with Gasteiger partial charge in [-0.25, -0.2) is 0 Å². The van der Waals surface area contributed by atoms with Crippen LogP contribution in [0.25, 0.3) is 0 Å². The van der Waals surface area contributed by atoms with Gasteiger partial charge >= 0.3 is 0 Å². The molecule has 1 saturated carbocycles. The molecule has 2 N–H and O–H groups in total. The molecule has 0 radical (unpaired) electrons.